The molecule has 7 heteroatoms. The number of fused-ring (bicyclic) bond motifs is 1. The van der Waals surface area contributed by atoms with E-state index >= 15 is 0 Å². The van der Waals surface area contributed by atoms with Crippen LogP contribution in [0.25, 0.3) is 10.9 Å². The minimum Gasteiger partial charge on any atom is -0.506 e. The molecule has 0 aliphatic rings. The standard InChI is InChI=1S/C14H13NO6/c1-19-8-6-4-5-7-9(8)12(16)10(13(17)20-2)11(15-7)14(18)21-3/h4-6H,1-3H3,(H,15,16). The third-order valence-corrected chi connectivity index (χ3v) is 2.94. The highest BCUT2D eigenvalue weighted by Gasteiger charge is 2.27. The van der Waals surface area contributed by atoms with Gasteiger partial charge in [-0.25, -0.2) is 14.6 Å². The van der Waals surface area contributed by atoms with Crippen molar-refractivity contribution in [1.29, 1.82) is 0 Å². The quantitative estimate of drug-likeness (QED) is 0.856. The molecule has 0 radical (unpaired) electrons. The summed E-state index contributed by atoms with van der Waals surface area (Å²) in [6.07, 6.45) is 0. The van der Waals surface area contributed by atoms with Crippen LogP contribution in [0.5, 0.6) is 11.5 Å². The van der Waals surface area contributed by atoms with Gasteiger partial charge in [-0.2, -0.15) is 0 Å². The molecule has 110 valence electrons. The number of rotatable bonds is 3. The van der Waals surface area contributed by atoms with Crippen LogP contribution in [0.1, 0.15) is 20.8 Å². The third-order valence-electron chi connectivity index (χ3n) is 2.94. The predicted octanol–water partition coefficient (Wildman–Crippen LogP) is 1.52. The lowest BCUT2D eigenvalue weighted by Crippen LogP contribution is -2.14. The second-order valence-corrected chi connectivity index (χ2v) is 4.02. The highest BCUT2D eigenvalue weighted by molar-refractivity contribution is 6.09. The number of benzene rings is 1. The maximum Gasteiger partial charge on any atom is 0.357 e. The summed E-state index contributed by atoms with van der Waals surface area (Å²) >= 11 is 0. The summed E-state index contributed by atoms with van der Waals surface area (Å²) in [6.45, 7) is 0. The molecule has 0 saturated heterocycles. The first-order valence-corrected chi connectivity index (χ1v) is 5.91. The van der Waals surface area contributed by atoms with Crippen molar-refractivity contribution in [2.24, 2.45) is 0 Å². The molecule has 7 nitrogen and oxygen atoms in total. The van der Waals surface area contributed by atoms with Crippen LogP contribution in [0, 0.1) is 0 Å². The number of pyridine rings is 1. The number of carbonyl (C=O) groups is 2. The highest BCUT2D eigenvalue weighted by atomic mass is 16.5. The molecule has 0 fully saturated rings. The van der Waals surface area contributed by atoms with Gasteiger partial charge in [-0.3, -0.25) is 0 Å². The van der Waals surface area contributed by atoms with Crippen molar-refractivity contribution >= 4 is 22.8 Å². The Kier molecular flexibility index (Phi) is 3.93. The molecule has 1 aromatic carbocycles. The average molecular weight is 291 g/mol. The van der Waals surface area contributed by atoms with Crippen molar-refractivity contribution in [3.63, 3.8) is 0 Å². The zero-order valence-electron chi connectivity index (χ0n) is 11.7. The molecule has 0 bridgehead atoms. The molecular formula is C14H13NO6. The van der Waals surface area contributed by atoms with Gasteiger partial charge in [0.2, 0.25) is 0 Å². The normalized spacial score (nSPS) is 10.2. The van der Waals surface area contributed by atoms with E-state index < -0.39 is 17.7 Å². The van der Waals surface area contributed by atoms with Gasteiger partial charge in [0.15, 0.2) is 5.69 Å². The highest BCUT2D eigenvalue weighted by Crippen LogP contribution is 2.36. The monoisotopic (exact) mass is 291 g/mol. The SMILES string of the molecule is COC(=O)c1nc2cccc(OC)c2c(O)c1C(=O)OC. The molecule has 1 aromatic heterocycles. The summed E-state index contributed by atoms with van der Waals surface area (Å²) < 4.78 is 14.3. The molecule has 2 aromatic rings. The molecule has 0 amide bonds. The van der Waals surface area contributed by atoms with E-state index in [0.29, 0.717) is 11.3 Å². The first kappa shape index (κ1) is 14.6. The van der Waals surface area contributed by atoms with Gasteiger partial charge >= 0.3 is 11.9 Å². The van der Waals surface area contributed by atoms with Crippen LogP contribution < -0.4 is 4.74 Å². The second kappa shape index (κ2) is 5.66. The Morgan fingerprint density at radius 2 is 1.76 bits per heavy atom. The number of nitrogens with zero attached hydrogens (tertiary/aromatic N) is 1. The fourth-order valence-electron chi connectivity index (χ4n) is 1.97. The van der Waals surface area contributed by atoms with Crippen molar-refractivity contribution in [2.45, 2.75) is 0 Å². The first-order valence-electron chi connectivity index (χ1n) is 5.91. The molecular weight excluding hydrogens is 278 g/mol. The van der Waals surface area contributed by atoms with Crippen LogP contribution in [0.2, 0.25) is 0 Å². The number of hydrogen-bond acceptors (Lipinski definition) is 7. The molecule has 0 aliphatic heterocycles. The summed E-state index contributed by atoms with van der Waals surface area (Å²) in [7, 11) is 3.70. The fourth-order valence-corrected chi connectivity index (χ4v) is 1.97. The van der Waals surface area contributed by atoms with Gasteiger partial charge in [0.05, 0.1) is 32.2 Å². The molecule has 0 atom stereocenters. The molecule has 1 N–H and O–H groups in total. The molecule has 21 heavy (non-hydrogen) atoms. The Balaban J connectivity index is 2.91. The fraction of sp³-hybridized carbons (Fsp3) is 0.214. The van der Waals surface area contributed by atoms with E-state index in [1.807, 2.05) is 0 Å². The van der Waals surface area contributed by atoms with Gasteiger partial charge in [-0.15, -0.1) is 0 Å². The van der Waals surface area contributed by atoms with Crippen molar-refractivity contribution in [3.05, 3.63) is 29.5 Å². The van der Waals surface area contributed by atoms with E-state index in [-0.39, 0.29) is 16.6 Å². The number of aromatic nitrogens is 1. The van der Waals surface area contributed by atoms with Gasteiger partial charge in [0.1, 0.15) is 17.1 Å². The predicted molar refractivity (Wildman–Crippen MR) is 72.6 cm³/mol. The summed E-state index contributed by atoms with van der Waals surface area (Å²) in [6, 6.07) is 4.82. The van der Waals surface area contributed by atoms with Crippen LogP contribution in [0.4, 0.5) is 0 Å². The summed E-state index contributed by atoms with van der Waals surface area (Å²) in [5.74, 6) is -1.87. The Labute approximate surface area is 120 Å². The zero-order valence-corrected chi connectivity index (χ0v) is 11.7. The Bertz CT molecular complexity index is 725. The Morgan fingerprint density at radius 1 is 1.10 bits per heavy atom. The molecule has 2 rings (SSSR count). The van der Waals surface area contributed by atoms with Crippen molar-refractivity contribution in [2.75, 3.05) is 21.3 Å². The van der Waals surface area contributed by atoms with Crippen LogP contribution in [0.15, 0.2) is 18.2 Å². The van der Waals surface area contributed by atoms with Crippen LogP contribution in [0.3, 0.4) is 0 Å². The lowest BCUT2D eigenvalue weighted by atomic mass is 10.1. The van der Waals surface area contributed by atoms with Gasteiger partial charge < -0.3 is 19.3 Å². The van der Waals surface area contributed by atoms with Crippen LogP contribution >= 0.6 is 0 Å². The topological polar surface area (TPSA) is 95.0 Å². The van der Waals surface area contributed by atoms with Crippen molar-refractivity contribution in [1.82, 2.24) is 4.98 Å². The van der Waals surface area contributed by atoms with Crippen molar-refractivity contribution in [3.8, 4) is 11.5 Å². The lowest BCUT2D eigenvalue weighted by Gasteiger charge is -2.12. The average Bonchev–Trinajstić information content (AvgIpc) is 2.52. The summed E-state index contributed by atoms with van der Waals surface area (Å²) in [4.78, 5) is 27.7. The van der Waals surface area contributed by atoms with E-state index in [0.717, 1.165) is 14.2 Å². The largest absolute Gasteiger partial charge is 0.506 e. The zero-order chi connectivity index (χ0) is 15.6. The van der Waals surface area contributed by atoms with E-state index in [4.69, 9.17) is 4.74 Å². The lowest BCUT2D eigenvalue weighted by molar-refractivity contribution is 0.0547. The summed E-state index contributed by atoms with van der Waals surface area (Å²) in [5, 5.41) is 10.6. The summed E-state index contributed by atoms with van der Waals surface area (Å²) in [5.41, 5.74) is -0.385. The number of carbonyl (C=O) groups excluding carboxylic acids is 2. The molecule has 0 aliphatic carbocycles. The Morgan fingerprint density at radius 3 is 2.33 bits per heavy atom. The van der Waals surface area contributed by atoms with Gasteiger partial charge in [0.25, 0.3) is 0 Å². The van der Waals surface area contributed by atoms with E-state index in [2.05, 4.69) is 14.5 Å². The molecule has 1 heterocycles. The van der Waals surface area contributed by atoms with Crippen LogP contribution in [-0.2, 0) is 9.47 Å². The van der Waals surface area contributed by atoms with E-state index in [9.17, 15) is 14.7 Å². The maximum absolute atomic E-state index is 11.8. The number of methoxy groups -OCH3 is 3. The Hall–Kier alpha value is -2.83. The van der Waals surface area contributed by atoms with Gasteiger partial charge in [-0.1, -0.05) is 6.07 Å². The maximum atomic E-state index is 11.8. The number of ether oxygens (including phenoxy) is 3. The van der Waals surface area contributed by atoms with Crippen LogP contribution in [-0.4, -0.2) is 43.4 Å². The number of aromatic hydroxyl groups is 1. The van der Waals surface area contributed by atoms with Gasteiger partial charge in [0, 0.05) is 0 Å². The van der Waals surface area contributed by atoms with E-state index in [1.165, 1.54) is 7.11 Å². The number of hydrogen-bond donors (Lipinski definition) is 1. The minimum atomic E-state index is -0.895. The first-order chi connectivity index (χ1) is 10.0. The molecule has 0 saturated carbocycles. The number of esters is 2. The van der Waals surface area contributed by atoms with Gasteiger partial charge in [-0.05, 0) is 12.1 Å². The van der Waals surface area contributed by atoms with Crippen molar-refractivity contribution < 1.29 is 28.9 Å². The van der Waals surface area contributed by atoms with E-state index in [1.54, 1.807) is 18.2 Å². The smallest absolute Gasteiger partial charge is 0.357 e. The molecule has 0 spiro atoms. The third kappa shape index (κ3) is 2.33. The minimum absolute atomic E-state index is 0.216. The second-order valence-electron chi connectivity index (χ2n) is 4.02. The molecule has 0 unspecified atom stereocenters.